The molecular weight excluding hydrogens is 280 g/mol. The van der Waals surface area contributed by atoms with E-state index in [-0.39, 0.29) is 5.84 Å². The second kappa shape index (κ2) is 7.18. The maximum Gasteiger partial charge on any atom is 0.170 e. The molecular formula is C17H20N2OS. The van der Waals surface area contributed by atoms with Gasteiger partial charge in [-0.05, 0) is 36.6 Å². The van der Waals surface area contributed by atoms with Crippen molar-refractivity contribution < 1.29 is 5.21 Å². The van der Waals surface area contributed by atoms with Crippen LogP contribution in [-0.4, -0.2) is 11.0 Å². The lowest BCUT2D eigenvalue weighted by atomic mass is 10.1. The van der Waals surface area contributed by atoms with Crippen LogP contribution in [0, 0.1) is 13.8 Å². The van der Waals surface area contributed by atoms with Crippen LogP contribution in [0.4, 0.5) is 0 Å². The highest BCUT2D eigenvalue weighted by atomic mass is 32.2. The predicted octanol–water partition coefficient (Wildman–Crippen LogP) is 3.83. The van der Waals surface area contributed by atoms with E-state index >= 15 is 0 Å². The van der Waals surface area contributed by atoms with Gasteiger partial charge in [-0.15, -0.1) is 0 Å². The van der Waals surface area contributed by atoms with E-state index in [1.807, 2.05) is 30.0 Å². The molecule has 0 aliphatic rings. The molecule has 3 nitrogen and oxygen atoms in total. The van der Waals surface area contributed by atoms with Gasteiger partial charge in [-0.3, -0.25) is 0 Å². The maximum atomic E-state index is 8.70. The Morgan fingerprint density at radius 1 is 1.14 bits per heavy atom. The molecule has 3 N–H and O–H groups in total. The number of oxime groups is 1. The lowest BCUT2D eigenvalue weighted by molar-refractivity contribution is 0.318. The summed E-state index contributed by atoms with van der Waals surface area (Å²) in [5.41, 5.74) is 11.4. The minimum Gasteiger partial charge on any atom is -0.409 e. The number of thioether (sulfide) groups is 1. The Labute approximate surface area is 129 Å². The van der Waals surface area contributed by atoms with Gasteiger partial charge in [0.05, 0.1) is 0 Å². The summed E-state index contributed by atoms with van der Waals surface area (Å²) >= 11 is 1.89. The van der Waals surface area contributed by atoms with Crippen molar-refractivity contribution in [3.05, 3.63) is 70.3 Å². The molecule has 0 saturated carbocycles. The van der Waals surface area contributed by atoms with Crippen LogP contribution in [0.5, 0.6) is 0 Å². The quantitative estimate of drug-likeness (QED) is 0.382. The molecule has 0 unspecified atom stereocenters. The molecule has 2 aromatic rings. The first-order valence-corrected chi connectivity index (χ1v) is 7.96. The van der Waals surface area contributed by atoms with E-state index in [0.717, 1.165) is 22.6 Å². The highest BCUT2D eigenvalue weighted by Gasteiger charge is 2.04. The first kappa shape index (κ1) is 15.4. The molecule has 0 amide bonds. The van der Waals surface area contributed by atoms with Gasteiger partial charge in [-0.25, -0.2) is 0 Å². The average molecular weight is 300 g/mol. The average Bonchev–Trinajstić information content (AvgIpc) is 2.48. The largest absolute Gasteiger partial charge is 0.409 e. The minimum atomic E-state index is 0.150. The van der Waals surface area contributed by atoms with Gasteiger partial charge in [0, 0.05) is 17.1 Å². The zero-order valence-corrected chi connectivity index (χ0v) is 13.2. The summed E-state index contributed by atoms with van der Waals surface area (Å²) in [7, 11) is 0. The topological polar surface area (TPSA) is 58.6 Å². The number of nitrogens with two attached hydrogens (primary N) is 1. The third-order valence-corrected chi connectivity index (χ3v) is 4.41. The second-order valence-electron chi connectivity index (χ2n) is 5.11. The lowest BCUT2D eigenvalue weighted by Crippen LogP contribution is -2.13. The molecule has 0 aromatic heterocycles. The third kappa shape index (κ3) is 4.26. The van der Waals surface area contributed by atoms with Crippen LogP contribution in [-0.2, 0) is 11.5 Å². The Bertz CT molecular complexity index is 653. The standard InChI is InChI=1S/C17H20N2OS/c1-12-4-3-5-14(8-12)10-21-11-16-7-6-15(9-13(16)2)17(18)19-20/h3-9,20H,10-11H2,1-2H3,(H2,18,19). The molecule has 0 aliphatic carbocycles. The van der Waals surface area contributed by atoms with Crippen molar-refractivity contribution in [3.8, 4) is 0 Å². The number of rotatable bonds is 5. The van der Waals surface area contributed by atoms with Crippen molar-refractivity contribution in [2.45, 2.75) is 25.4 Å². The summed E-state index contributed by atoms with van der Waals surface area (Å²) in [4.78, 5) is 0. The van der Waals surface area contributed by atoms with E-state index in [9.17, 15) is 0 Å². The summed E-state index contributed by atoms with van der Waals surface area (Å²) in [5.74, 6) is 2.11. The van der Waals surface area contributed by atoms with Crippen molar-refractivity contribution in [1.29, 1.82) is 0 Å². The van der Waals surface area contributed by atoms with Crippen molar-refractivity contribution in [3.63, 3.8) is 0 Å². The molecule has 21 heavy (non-hydrogen) atoms. The fourth-order valence-corrected chi connectivity index (χ4v) is 3.22. The third-order valence-electron chi connectivity index (χ3n) is 3.35. The Balaban J connectivity index is 1.97. The van der Waals surface area contributed by atoms with Gasteiger partial charge in [0.2, 0.25) is 0 Å². The normalized spacial score (nSPS) is 11.6. The Hall–Kier alpha value is -1.94. The zero-order valence-electron chi connectivity index (χ0n) is 12.3. The van der Waals surface area contributed by atoms with Gasteiger partial charge in [0.1, 0.15) is 0 Å². The molecule has 0 radical (unpaired) electrons. The van der Waals surface area contributed by atoms with E-state index < -0.39 is 0 Å². The van der Waals surface area contributed by atoms with Gasteiger partial charge in [-0.1, -0.05) is 47.1 Å². The van der Waals surface area contributed by atoms with Gasteiger partial charge >= 0.3 is 0 Å². The monoisotopic (exact) mass is 300 g/mol. The maximum absolute atomic E-state index is 8.70. The number of nitrogens with zero attached hydrogens (tertiary/aromatic N) is 1. The molecule has 2 aromatic carbocycles. The van der Waals surface area contributed by atoms with E-state index in [1.165, 1.54) is 16.7 Å². The summed E-state index contributed by atoms with van der Waals surface area (Å²) in [6, 6.07) is 14.5. The van der Waals surface area contributed by atoms with Crippen LogP contribution < -0.4 is 5.73 Å². The van der Waals surface area contributed by atoms with Crippen molar-refractivity contribution in [2.24, 2.45) is 10.9 Å². The van der Waals surface area contributed by atoms with E-state index in [2.05, 4.69) is 43.3 Å². The number of amidine groups is 1. The number of aryl methyl sites for hydroxylation is 2. The van der Waals surface area contributed by atoms with Crippen molar-refractivity contribution in [2.75, 3.05) is 0 Å². The van der Waals surface area contributed by atoms with Crippen molar-refractivity contribution in [1.82, 2.24) is 0 Å². The van der Waals surface area contributed by atoms with Crippen LogP contribution in [0.3, 0.4) is 0 Å². The van der Waals surface area contributed by atoms with Gasteiger partial charge in [0.25, 0.3) is 0 Å². The molecule has 0 fully saturated rings. The van der Waals surface area contributed by atoms with Gasteiger partial charge in [0.15, 0.2) is 5.84 Å². The molecule has 0 bridgehead atoms. The SMILES string of the molecule is Cc1cccc(CSCc2ccc(/C(N)=N/O)cc2C)c1. The molecule has 2 rings (SSSR count). The number of hydrogen-bond acceptors (Lipinski definition) is 3. The highest BCUT2D eigenvalue weighted by molar-refractivity contribution is 7.97. The molecule has 4 heteroatoms. The summed E-state index contributed by atoms with van der Waals surface area (Å²) in [5, 5.41) is 11.7. The zero-order chi connectivity index (χ0) is 15.2. The minimum absolute atomic E-state index is 0.150. The molecule has 0 saturated heterocycles. The van der Waals surface area contributed by atoms with E-state index in [0.29, 0.717) is 0 Å². The second-order valence-corrected chi connectivity index (χ2v) is 6.09. The summed E-state index contributed by atoms with van der Waals surface area (Å²) in [6.45, 7) is 4.17. The Morgan fingerprint density at radius 2 is 1.95 bits per heavy atom. The van der Waals surface area contributed by atoms with Gasteiger partial charge < -0.3 is 10.9 Å². The summed E-state index contributed by atoms with van der Waals surface area (Å²) in [6.07, 6.45) is 0. The number of hydrogen-bond donors (Lipinski definition) is 2. The van der Waals surface area contributed by atoms with Crippen molar-refractivity contribution >= 4 is 17.6 Å². The fraction of sp³-hybridized carbons (Fsp3) is 0.235. The van der Waals surface area contributed by atoms with Crippen LogP contribution in [0.1, 0.15) is 27.8 Å². The predicted molar refractivity (Wildman–Crippen MR) is 89.9 cm³/mol. The smallest absolute Gasteiger partial charge is 0.170 e. The lowest BCUT2D eigenvalue weighted by Gasteiger charge is -2.08. The van der Waals surface area contributed by atoms with Crippen LogP contribution >= 0.6 is 11.8 Å². The highest BCUT2D eigenvalue weighted by Crippen LogP contribution is 2.21. The fourth-order valence-electron chi connectivity index (χ4n) is 2.16. The van der Waals surface area contributed by atoms with Crippen LogP contribution in [0.25, 0.3) is 0 Å². The van der Waals surface area contributed by atoms with Gasteiger partial charge in [-0.2, -0.15) is 11.8 Å². The van der Waals surface area contributed by atoms with E-state index in [1.54, 1.807) is 0 Å². The molecule has 0 heterocycles. The Kier molecular flexibility index (Phi) is 5.28. The summed E-state index contributed by atoms with van der Waals surface area (Å²) < 4.78 is 0. The Morgan fingerprint density at radius 3 is 2.62 bits per heavy atom. The molecule has 110 valence electrons. The molecule has 0 aliphatic heterocycles. The molecule has 0 spiro atoms. The molecule has 0 atom stereocenters. The first-order chi connectivity index (χ1) is 10.1. The first-order valence-electron chi connectivity index (χ1n) is 6.81. The van der Waals surface area contributed by atoms with Crippen LogP contribution in [0.15, 0.2) is 47.6 Å². The van der Waals surface area contributed by atoms with E-state index in [4.69, 9.17) is 10.9 Å². The number of benzene rings is 2. The van der Waals surface area contributed by atoms with Crippen LogP contribution in [0.2, 0.25) is 0 Å².